The molecule has 0 aromatic carbocycles. The maximum Gasteiger partial charge on any atom is 0.246 e. The minimum atomic E-state index is -0.0757. The van der Waals surface area contributed by atoms with Crippen LogP contribution in [0.1, 0.15) is 28.3 Å². The van der Waals surface area contributed by atoms with E-state index in [0.29, 0.717) is 0 Å². The second-order valence-corrected chi connectivity index (χ2v) is 5.05. The Kier molecular flexibility index (Phi) is 4.29. The molecule has 1 N–H and O–H groups in total. The molecule has 1 heterocycles. The fourth-order valence-corrected chi connectivity index (χ4v) is 2.59. The second kappa shape index (κ2) is 5.28. The molecule has 0 bridgehead atoms. The van der Waals surface area contributed by atoms with Crippen LogP contribution in [0.25, 0.3) is 0 Å². The van der Waals surface area contributed by atoms with E-state index in [9.17, 15) is 4.79 Å². The fourth-order valence-electron chi connectivity index (χ4n) is 1.57. The van der Waals surface area contributed by atoms with Gasteiger partial charge in [-0.05, 0) is 32.4 Å². The van der Waals surface area contributed by atoms with Crippen LogP contribution in [0, 0.1) is 13.8 Å². The first-order valence-corrected chi connectivity index (χ1v) is 5.71. The van der Waals surface area contributed by atoms with Gasteiger partial charge in [-0.2, -0.15) is 0 Å². The van der Waals surface area contributed by atoms with Crippen LogP contribution >= 0.6 is 11.3 Å². The molecule has 4 heteroatoms. The quantitative estimate of drug-likeness (QED) is 0.856. The summed E-state index contributed by atoms with van der Waals surface area (Å²) in [5.41, 5.74) is 1.20. The lowest BCUT2D eigenvalue weighted by Crippen LogP contribution is -2.29. The van der Waals surface area contributed by atoms with Gasteiger partial charge in [0.05, 0.1) is 6.04 Å². The van der Waals surface area contributed by atoms with Gasteiger partial charge in [-0.1, -0.05) is 0 Å². The Morgan fingerprint density at radius 1 is 1.60 bits per heavy atom. The number of rotatable bonds is 4. The summed E-state index contributed by atoms with van der Waals surface area (Å²) in [7, 11) is 1.52. The molecule has 0 saturated heterocycles. The number of aryl methyl sites for hydroxylation is 2. The number of methoxy groups -OCH3 is 1. The molecule has 0 radical (unpaired) electrons. The maximum absolute atomic E-state index is 11.3. The van der Waals surface area contributed by atoms with Crippen LogP contribution in [0.2, 0.25) is 0 Å². The summed E-state index contributed by atoms with van der Waals surface area (Å²) in [6.07, 6.45) is 0. The van der Waals surface area contributed by atoms with Gasteiger partial charge in [0, 0.05) is 16.9 Å². The van der Waals surface area contributed by atoms with Crippen molar-refractivity contribution in [2.75, 3.05) is 13.7 Å². The van der Waals surface area contributed by atoms with E-state index in [2.05, 4.69) is 25.2 Å². The van der Waals surface area contributed by atoms with Gasteiger partial charge in [0.1, 0.15) is 6.61 Å². The van der Waals surface area contributed by atoms with Gasteiger partial charge in [-0.15, -0.1) is 11.3 Å². The maximum atomic E-state index is 11.3. The SMILES string of the molecule is COCC(=O)N[C@H](C)c1cc(C)sc1C. The molecule has 1 rings (SSSR count). The Hall–Kier alpha value is -0.870. The number of thiophene rings is 1. The fraction of sp³-hybridized carbons (Fsp3) is 0.545. The molecule has 3 nitrogen and oxygen atoms in total. The van der Waals surface area contributed by atoms with Crippen molar-refractivity contribution in [3.05, 3.63) is 21.4 Å². The van der Waals surface area contributed by atoms with E-state index in [1.165, 1.54) is 22.4 Å². The van der Waals surface area contributed by atoms with Gasteiger partial charge in [0.2, 0.25) is 5.91 Å². The van der Waals surface area contributed by atoms with E-state index >= 15 is 0 Å². The molecule has 0 saturated carbocycles. The first kappa shape index (κ1) is 12.2. The summed E-state index contributed by atoms with van der Waals surface area (Å²) < 4.78 is 4.77. The van der Waals surface area contributed by atoms with Gasteiger partial charge in [0.15, 0.2) is 0 Å². The van der Waals surface area contributed by atoms with Gasteiger partial charge < -0.3 is 10.1 Å². The average Bonchev–Trinajstić information content (AvgIpc) is 2.45. The molecule has 1 aromatic rings. The topological polar surface area (TPSA) is 38.3 Å². The highest BCUT2D eigenvalue weighted by molar-refractivity contribution is 7.12. The number of amides is 1. The normalized spacial score (nSPS) is 12.5. The summed E-state index contributed by atoms with van der Waals surface area (Å²) in [6, 6.07) is 2.18. The Balaban J connectivity index is 2.64. The van der Waals surface area contributed by atoms with Crippen LogP contribution in [0.5, 0.6) is 0 Å². The number of ether oxygens (including phenoxy) is 1. The van der Waals surface area contributed by atoms with Crippen LogP contribution in [0.15, 0.2) is 6.07 Å². The van der Waals surface area contributed by atoms with E-state index in [1.54, 1.807) is 11.3 Å². The summed E-state index contributed by atoms with van der Waals surface area (Å²) in [5.74, 6) is -0.0757. The van der Waals surface area contributed by atoms with Crippen molar-refractivity contribution in [3.63, 3.8) is 0 Å². The van der Waals surface area contributed by atoms with Crippen molar-refractivity contribution in [1.82, 2.24) is 5.32 Å². The van der Waals surface area contributed by atoms with Crippen LogP contribution in [0.3, 0.4) is 0 Å². The Labute approximate surface area is 94.5 Å². The lowest BCUT2D eigenvalue weighted by molar-refractivity contribution is -0.125. The highest BCUT2D eigenvalue weighted by atomic mass is 32.1. The zero-order valence-electron chi connectivity index (χ0n) is 9.59. The number of hydrogen-bond acceptors (Lipinski definition) is 3. The van der Waals surface area contributed by atoms with Crippen LogP contribution in [-0.4, -0.2) is 19.6 Å². The van der Waals surface area contributed by atoms with Crippen LogP contribution in [0.4, 0.5) is 0 Å². The van der Waals surface area contributed by atoms with Crippen molar-refractivity contribution in [2.45, 2.75) is 26.8 Å². The minimum Gasteiger partial charge on any atom is -0.375 e. The van der Waals surface area contributed by atoms with E-state index in [4.69, 9.17) is 4.74 Å². The predicted molar refractivity (Wildman–Crippen MR) is 62.2 cm³/mol. The molecule has 1 aromatic heterocycles. The molecule has 84 valence electrons. The second-order valence-electron chi connectivity index (χ2n) is 3.59. The predicted octanol–water partition coefficient (Wildman–Crippen LogP) is 2.19. The summed E-state index contributed by atoms with van der Waals surface area (Å²) in [4.78, 5) is 13.8. The molecule has 0 fully saturated rings. The number of nitrogens with one attached hydrogen (secondary N) is 1. The number of carbonyl (C=O) groups excluding carboxylic acids is 1. The van der Waals surface area contributed by atoms with Crippen molar-refractivity contribution in [2.24, 2.45) is 0 Å². The molecular weight excluding hydrogens is 210 g/mol. The third kappa shape index (κ3) is 3.32. The first-order chi connectivity index (χ1) is 7.04. The van der Waals surface area contributed by atoms with Crippen molar-refractivity contribution >= 4 is 17.2 Å². The Bertz CT molecular complexity index is 346. The number of carbonyl (C=O) groups is 1. The van der Waals surface area contributed by atoms with Crippen molar-refractivity contribution < 1.29 is 9.53 Å². The molecule has 0 aliphatic heterocycles. The van der Waals surface area contributed by atoms with Gasteiger partial charge in [0.25, 0.3) is 0 Å². The van der Waals surface area contributed by atoms with Crippen LogP contribution < -0.4 is 5.32 Å². The smallest absolute Gasteiger partial charge is 0.246 e. The standard InChI is InChI=1S/C11H17NO2S/c1-7-5-10(9(3)15-7)8(2)12-11(13)6-14-4/h5,8H,6H2,1-4H3,(H,12,13)/t8-/m1/s1. The van der Waals surface area contributed by atoms with Crippen LogP contribution in [-0.2, 0) is 9.53 Å². The molecule has 1 atom stereocenters. The van der Waals surface area contributed by atoms with E-state index in [-0.39, 0.29) is 18.6 Å². The molecular formula is C11H17NO2S. The van der Waals surface area contributed by atoms with Gasteiger partial charge in [-0.25, -0.2) is 0 Å². The molecule has 15 heavy (non-hydrogen) atoms. The zero-order valence-corrected chi connectivity index (χ0v) is 10.4. The lowest BCUT2D eigenvalue weighted by Gasteiger charge is -2.13. The number of hydrogen-bond donors (Lipinski definition) is 1. The molecule has 0 unspecified atom stereocenters. The monoisotopic (exact) mass is 227 g/mol. The molecule has 0 aliphatic carbocycles. The first-order valence-electron chi connectivity index (χ1n) is 4.89. The highest BCUT2D eigenvalue weighted by Crippen LogP contribution is 2.25. The van der Waals surface area contributed by atoms with E-state index in [0.717, 1.165) is 0 Å². The minimum absolute atomic E-state index is 0.0533. The summed E-state index contributed by atoms with van der Waals surface area (Å²) in [5, 5.41) is 2.89. The third-order valence-corrected chi connectivity index (χ3v) is 3.18. The van der Waals surface area contributed by atoms with Gasteiger partial charge in [-0.3, -0.25) is 4.79 Å². The molecule has 0 spiro atoms. The largest absolute Gasteiger partial charge is 0.375 e. The average molecular weight is 227 g/mol. The third-order valence-electron chi connectivity index (χ3n) is 2.20. The van der Waals surface area contributed by atoms with Crippen molar-refractivity contribution in [3.8, 4) is 0 Å². The van der Waals surface area contributed by atoms with E-state index < -0.39 is 0 Å². The molecule has 1 amide bonds. The van der Waals surface area contributed by atoms with Crippen molar-refractivity contribution in [1.29, 1.82) is 0 Å². The Morgan fingerprint density at radius 3 is 2.73 bits per heavy atom. The Morgan fingerprint density at radius 2 is 2.27 bits per heavy atom. The van der Waals surface area contributed by atoms with E-state index in [1.807, 2.05) is 6.92 Å². The highest BCUT2D eigenvalue weighted by Gasteiger charge is 2.13. The van der Waals surface area contributed by atoms with Gasteiger partial charge >= 0.3 is 0 Å². The molecule has 0 aliphatic rings. The summed E-state index contributed by atoms with van der Waals surface area (Å²) in [6.45, 7) is 6.26. The summed E-state index contributed by atoms with van der Waals surface area (Å²) >= 11 is 1.76. The zero-order chi connectivity index (χ0) is 11.4. The lowest BCUT2D eigenvalue weighted by atomic mass is 10.1.